The molecule has 2 atom stereocenters. The average molecular weight is 262 g/mol. The van der Waals surface area contributed by atoms with Gasteiger partial charge in [-0.15, -0.1) is 10.2 Å². The van der Waals surface area contributed by atoms with Gasteiger partial charge in [0, 0.05) is 28.9 Å². The summed E-state index contributed by atoms with van der Waals surface area (Å²) in [5.74, 6) is 0.708. The Morgan fingerprint density at radius 3 is 2.56 bits per heavy atom. The predicted molar refractivity (Wildman–Crippen MR) is 68.5 cm³/mol. The molecule has 1 heterocycles. The smallest absolute Gasteiger partial charge is 0.155 e. The van der Waals surface area contributed by atoms with Crippen molar-refractivity contribution < 1.29 is 4.21 Å². The van der Waals surface area contributed by atoms with Gasteiger partial charge < -0.3 is 5.32 Å². The van der Waals surface area contributed by atoms with Gasteiger partial charge in [0.25, 0.3) is 0 Å². The zero-order valence-corrected chi connectivity index (χ0v) is 11.4. The summed E-state index contributed by atoms with van der Waals surface area (Å²) in [6.07, 6.45) is 1.69. The van der Waals surface area contributed by atoms with E-state index in [0.29, 0.717) is 17.5 Å². The molecule has 0 aliphatic rings. The number of rotatable bonds is 4. The van der Waals surface area contributed by atoms with E-state index in [-0.39, 0.29) is 5.25 Å². The van der Waals surface area contributed by atoms with Gasteiger partial charge in [-0.1, -0.05) is 11.6 Å². The molecule has 0 saturated carbocycles. The molecule has 6 heteroatoms. The van der Waals surface area contributed by atoms with Gasteiger partial charge in [-0.3, -0.25) is 4.21 Å². The van der Waals surface area contributed by atoms with Crippen LogP contribution in [-0.2, 0) is 10.8 Å². The number of nitrogens with one attached hydrogen (secondary N) is 1. The fourth-order valence-corrected chi connectivity index (χ4v) is 1.60. The lowest BCUT2D eigenvalue weighted by Gasteiger charge is -2.13. The van der Waals surface area contributed by atoms with Crippen molar-refractivity contribution in [2.24, 2.45) is 0 Å². The molecule has 90 valence electrons. The van der Waals surface area contributed by atoms with E-state index in [2.05, 4.69) is 15.5 Å². The first-order chi connectivity index (χ1) is 7.43. The highest BCUT2D eigenvalue weighted by molar-refractivity contribution is 7.84. The van der Waals surface area contributed by atoms with Gasteiger partial charge in [0.05, 0.1) is 0 Å². The topological polar surface area (TPSA) is 54.9 Å². The molecule has 16 heavy (non-hydrogen) atoms. The van der Waals surface area contributed by atoms with E-state index in [4.69, 9.17) is 11.6 Å². The molecule has 0 aliphatic carbocycles. The molecule has 0 radical (unpaired) electrons. The maximum atomic E-state index is 11.2. The molecule has 1 N–H and O–H groups in total. The molecule has 1 aromatic rings. The average Bonchev–Trinajstić information content (AvgIpc) is 2.24. The van der Waals surface area contributed by atoms with E-state index in [1.165, 1.54) is 0 Å². The lowest BCUT2D eigenvalue weighted by atomic mass is 10.2. The predicted octanol–water partition coefficient (Wildman–Crippen LogP) is 1.93. The summed E-state index contributed by atoms with van der Waals surface area (Å²) >= 11 is 5.85. The van der Waals surface area contributed by atoms with Crippen molar-refractivity contribution >= 4 is 28.2 Å². The third-order valence-corrected chi connectivity index (χ3v) is 4.25. The third-order valence-electron chi connectivity index (χ3n) is 2.59. The number of nitrogens with zero attached hydrogens (tertiary/aromatic N) is 2. The van der Waals surface area contributed by atoms with E-state index >= 15 is 0 Å². The Kier molecular flexibility index (Phi) is 4.68. The van der Waals surface area contributed by atoms with Crippen LogP contribution in [0.25, 0.3) is 0 Å². The van der Waals surface area contributed by atoms with Gasteiger partial charge in [-0.25, -0.2) is 0 Å². The summed E-state index contributed by atoms with van der Waals surface area (Å²) < 4.78 is 11.2. The summed E-state index contributed by atoms with van der Waals surface area (Å²) in [6, 6.07) is 0. The molecule has 0 amide bonds. The Bertz CT molecular complexity index is 411. The van der Waals surface area contributed by atoms with Crippen LogP contribution in [0, 0.1) is 13.8 Å². The van der Waals surface area contributed by atoms with Crippen LogP contribution in [0.5, 0.6) is 0 Å². The van der Waals surface area contributed by atoms with E-state index in [0.717, 1.165) is 11.1 Å². The Morgan fingerprint density at radius 1 is 1.38 bits per heavy atom. The molecule has 0 saturated heterocycles. The van der Waals surface area contributed by atoms with Gasteiger partial charge >= 0.3 is 0 Å². The number of hydrogen-bond donors (Lipinski definition) is 1. The second-order valence-electron chi connectivity index (χ2n) is 3.78. The van der Waals surface area contributed by atoms with Crippen LogP contribution in [0.4, 0.5) is 5.82 Å². The molecule has 0 aromatic carbocycles. The van der Waals surface area contributed by atoms with Crippen molar-refractivity contribution in [2.75, 3.05) is 18.1 Å². The normalized spacial score (nSPS) is 14.6. The van der Waals surface area contributed by atoms with E-state index < -0.39 is 10.8 Å². The van der Waals surface area contributed by atoms with Crippen LogP contribution >= 0.6 is 11.6 Å². The molecular formula is C10H16ClN3OS. The minimum atomic E-state index is -0.837. The zero-order chi connectivity index (χ0) is 12.3. The highest BCUT2D eigenvalue weighted by Gasteiger charge is 2.10. The van der Waals surface area contributed by atoms with E-state index in [1.807, 2.05) is 20.8 Å². The minimum absolute atomic E-state index is 0.0807. The molecule has 1 rings (SSSR count). The van der Waals surface area contributed by atoms with Crippen molar-refractivity contribution in [2.45, 2.75) is 26.0 Å². The first kappa shape index (κ1) is 13.4. The highest BCUT2D eigenvalue weighted by Crippen LogP contribution is 2.20. The number of hydrogen-bond acceptors (Lipinski definition) is 4. The van der Waals surface area contributed by atoms with Crippen molar-refractivity contribution in [3.05, 3.63) is 16.3 Å². The summed E-state index contributed by atoms with van der Waals surface area (Å²) in [5, 5.41) is 11.5. The number of anilines is 1. The first-order valence-corrected chi connectivity index (χ1v) is 6.99. The maximum Gasteiger partial charge on any atom is 0.155 e. The largest absolute Gasteiger partial charge is 0.367 e. The van der Waals surface area contributed by atoms with E-state index in [1.54, 1.807) is 6.26 Å². The monoisotopic (exact) mass is 261 g/mol. The zero-order valence-electron chi connectivity index (χ0n) is 9.87. The molecule has 2 unspecified atom stereocenters. The Balaban J connectivity index is 2.75. The first-order valence-electron chi connectivity index (χ1n) is 4.99. The van der Waals surface area contributed by atoms with Crippen LogP contribution in [-0.4, -0.2) is 32.5 Å². The quantitative estimate of drug-likeness (QED) is 0.900. The molecule has 0 spiro atoms. The maximum absolute atomic E-state index is 11.2. The molecule has 4 nitrogen and oxygen atoms in total. The fourth-order valence-electron chi connectivity index (χ4n) is 1.10. The molecular weight excluding hydrogens is 246 g/mol. The van der Waals surface area contributed by atoms with Crippen molar-refractivity contribution in [3.8, 4) is 0 Å². The lowest BCUT2D eigenvalue weighted by Crippen LogP contribution is -2.21. The third kappa shape index (κ3) is 3.15. The van der Waals surface area contributed by atoms with Crippen molar-refractivity contribution in [1.29, 1.82) is 0 Å². The van der Waals surface area contributed by atoms with Gasteiger partial charge in [0.15, 0.2) is 11.0 Å². The molecule has 1 aromatic heterocycles. The van der Waals surface area contributed by atoms with Gasteiger partial charge in [0.2, 0.25) is 0 Å². The van der Waals surface area contributed by atoms with Gasteiger partial charge in [-0.05, 0) is 31.9 Å². The second kappa shape index (κ2) is 5.59. The SMILES string of the molecule is Cc1c(Cl)nnc(NCC(C)S(C)=O)c1C. The van der Waals surface area contributed by atoms with Crippen LogP contribution in [0.3, 0.4) is 0 Å². The summed E-state index contributed by atoms with van der Waals surface area (Å²) in [5.41, 5.74) is 1.90. The van der Waals surface area contributed by atoms with Crippen LogP contribution in [0.2, 0.25) is 5.15 Å². The van der Waals surface area contributed by atoms with Gasteiger partial charge in [-0.2, -0.15) is 0 Å². The summed E-state index contributed by atoms with van der Waals surface area (Å²) in [7, 11) is -0.837. The van der Waals surface area contributed by atoms with Crippen LogP contribution in [0.1, 0.15) is 18.1 Å². The number of aromatic nitrogens is 2. The standard InChI is InChI=1S/C10H16ClN3OS/c1-6(16(4)15)5-12-10-8(3)7(2)9(11)13-14-10/h6H,5H2,1-4H3,(H,12,14). The molecule has 0 fully saturated rings. The fraction of sp³-hybridized carbons (Fsp3) is 0.600. The lowest BCUT2D eigenvalue weighted by molar-refractivity contribution is 0.678. The summed E-state index contributed by atoms with van der Waals surface area (Å²) in [4.78, 5) is 0. The van der Waals surface area contributed by atoms with Crippen molar-refractivity contribution in [1.82, 2.24) is 10.2 Å². The Morgan fingerprint density at radius 2 is 2.00 bits per heavy atom. The van der Waals surface area contributed by atoms with Gasteiger partial charge in [0.1, 0.15) is 0 Å². The Hall–Kier alpha value is -0.680. The second-order valence-corrected chi connectivity index (χ2v) is 5.94. The van der Waals surface area contributed by atoms with E-state index in [9.17, 15) is 4.21 Å². The number of halogens is 1. The Labute approximate surface area is 103 Å². The highest BCUT2D eigenvalue weighted by atomic mass is 35.5. The minimum Gasteiger partial charge on any atom is -0.367 e. The molecule has 0 aliphatic heterocycles. The summed E-state index contributed by atoms with van der Waals surface area (Å²) in [6.45, 7) is 6.37. The van der Waals surface area contributed by atoms with Crippen molar-refractivity contribution in [3.63, 3.8) is 0 Å². The van der Waals surface area contributed by atoms with Crippen LogP contribution < -0.4 is 5.32 Å². The van der Waals surface area contributed by atoms with Crippen LogP contribution in [0.15, 0.2) is 0 Å². The molecule has 0 bridgehead atoms.